The maximum atomic E-state index is 5.68. The lowest BCUT2D eigenvalue weighted by molar-refractivity contribution is -0.510. The average Bonchev–Trinajstić information content (AvgIpc) is 2.92. The van der Waals surface area contributed by atoms with Crippen LogP contribution in [0.4, 0.5) is 17.1 Å². The number of nitrogens with zero attached hydrogens (tertiary/aromatic N) is 2. The minimum absolute atomic E-state index is 0.695. The monoisotopic (exact) mass is 520 g/mol. The van der Waals surface area contributed by atoms with Crippen molar-refractivity contribution < 1.29 is 13.9 Å². The predicted octanol–water partition coefficient (Wildman–Crippen LogP) is 5.64. The Morgan fingerprint density at radius 1 is 0.722 bits per heavy atom. The van der Waals surface area contributed by atoms with Crippen molar-refractivity contribution in [1.29, 1.82) is 0 Å². The number of anilines is 3. The average molecular weight is 521 g/mol. The lowest BCUT2D eigenvalue weighted by atomic mass is 10.1. The molecule has 36 heavy (non-hydrogen) atoms. The first kappa shape index (κ1) is 25.2. The molecule has 2 aromatic carbocycles. The summed E-state index contributed by atoms with van der Waals surface area (Å²) in [6.07, 6.45) is 4.28. The summed E-state index contributed by atoms with van der Waals surface area (Å²) in [5, 5.41) is 6.18. The molecule has 0 unspecified atom stereocenters. The predicted molar refractivity (Wildman–Crippen MR) is 155 cm³/mol. The zero-order valence-electron chi connectivity index (χ0n) is 20.6. The second-order valence-electron chi connectivity index (χ2n) is 8.73. The van der Waals surface area contributed by atoms with Crippen molar-refractivity contribution in [2.75, 3.05) is 72.7 Å². The fraction of sp³-hybridized carbons (Fsp3) is 0.345. The van der Waals surface area contributed by atoms with E-state index in [1.165, 1.54) is 22.0 Å². The number of para-hydroxylation sites is 2. The number of hydrogen-bond donors (Lipinski definition) is 1. The van der Waals surface area contributed by atoms with Crippen molar-refractivity contribution in [2.24, 2.45) is 0 Å². The van der Waals surface area contributed by atoms with Crippen LogP contribution in [0, 0.1) is 0 Å². The lowest BCUT2D eigenvalue weighted by Gasteiger charge is -2.27. The highest BCUT2D eigenvalue weighted by atomic mass is 32.2. The SMILES string of the molecule is c1ccc(N2CCSCCOCCOCCSCC2)c(Nc2ccc3c[n+]4ccccc4cc3c2)c1. The molecule has 1 saturated heterocycles. The van der Waals surface area contributed by atoms with Gasteiger partial charge in [-0.05, 0) is 41.8 Å². The Kier molecular flexibility index (Phi) is 9.24. The molecular formula is C29H34N3O2S2+. The molecule has 2 aromatic heterocycles. The second kappa shape index (κ2) is 13.2. The number of benzene rings is 2. The van der Waals surface area contributed by atoms with Gasteiger partial charge in [0.1, 0.15) is 0 Å². The quantitative estimate of drug-likeness (QED) is 0.278. The molecule has 3 heterocycles. The first-order valence-corrected chi connectivity index (χ1v) is 14.9. The fourth-order valence-corrected chi connectivity index (χ4v) is 5.97. The molecule has 1 aliphatic rings. The Morgan fingerprint density at radius 2 is 1.47 bits per heavy atom. The van der Waals surface area contributed by atoms with Crippen molar-refractivity contribution in [3.8, 4) is 0 Å². The van der Waals surface area contributed by atoms with Crippen LogP contribution in [0.3, 0.4) is 0 Å². The maximum absolute atomic E-state index is 5.68. The number of pyridine rings is 2. The van der Waals surface area contributed by atoms with Crippen LogP contribution in [0.2, 0.25) is 0 Å². The minimum atomic E-state index is 0.695. The van der Waals surface area contributed by atoms with Crippen LogP contribution >= 0.6 is 23.5 Å². The molecule has 0 saturated carbocycles. The van der Waals surface area contributed by atoms with Gasteiger partial charge in [-0.15, -0.1) is 0 Å². The van der Waals surface area contributed by atoms with Gasteiger partial charge in [0.05, 0.1) is 37.8 Å². The van der Waals surface area contributed by atoms with Crippen molar-refractivity contribution >= 4 is 56.9 Å². The van der Waals surface area contributed by atoms with Crippen LogP contribution < -0.4 is 14.6 Å². The summed E-state index contributed by atoms with van der Waals surface area (Å²) in [4.78, 5) is 2.52. The Hall–Kier alpha value is -2.45. The minimum Gasteiger partial charge on any atom is -0.378 e. The maximum Gasteiger partial charge on any atom is 0.211 e. The summed E-state index contributed by atoms with van der Waals surface area (Å²) in [5.41, 5.74) is 4.69. The molecule has 4 aromatic rings. The number of hydrogen-bond acceptors (Lipinski definition) is 6. The van der Waals surface area contributed by atoms with Gasteiger partial charge in [0.25, 0.3) is 0 Å². The molecule has 0 aliphatic carbocycles. The molecule has 0 spiro atoms. The largest absolute Gasteiger partial charge is 0.378 e. The number of thioether (sulfide) groups is 2. The van der Waals surface area contributed by atoms with E-state index >= 15 is 0 Å². The zero-order valence-corrected chi connectivity index (χ0v) is 22.2. The molecule has 5 nitrogen and oxygen atoms in total. The van der Waals surface area contributed by atoms with E-state index in [-0.39, 0.29) is 0 Å². The number of aromatic nitrogens is 1. The van der Waals surface area contributed by atoms with Crippen molar-refractivity contribution in [3.63, 3.8) is 0 Å². The smallest absolute Gasteiger partial charge is 0.211 e. The van der Waals surface area contributed by atoms with Gasteiger partial charge in [-0.2, -0.15) is 27.9 Å². The molecule has 188 valence electrons. The molecule has 1 fully saturated rings. The van der Waals surface area contributed by atoms with E-state index in [9.17, 15) is 0 Å². The van der Waals surface area contributed by atoms with E-state index in [0.29, 0.717) is 13.2 Å². The van der Waals surface area contributed by atoms with Crippen molar-refractivity contribution in [2.45, 2.75) is 0 Å². The summed E-state index contributed by atoms with van der Waals surface area (Å²) >= 11 is 3.92. The van der Waals surface area contributed by atoms with E-state index in [4.69, 9.17) is 9.47 Å². The van der Waals surface area contributed by atoms with Gasteiger partial charge in [0, 0.05) is 65.4 Å². The standard InChI is InChI=1S/C29H33N3O2S2/c1-2-7-29(31-11-17-35-19-15-33-13-14-34-16-20-36-18-12-31)28(6-1)30-26-9-8-24-23-32-10-4-3-5-27(32)22-25(24)21-26/h1-10,21-23H,11-20H2/p+1. The van der Waals surface area contributed by atoms with Gasteiger partial charge < -0.3 is 19.7 Å². The van der Waals surface area contributed by atoms with Gasteiger partial charge in [-0.1, -0.05) is 12.1 Å². The number of rotatable bonds is 3. The molecule has 1 aliphatic heterocycles. The van der Waals surface area contributed by atoms with E-state index in [2.05, 4.69) is 93.7 Å². The first-order chi connectivity index (χ1) is 17.9. The third-order valence-electron chi connectivity index (χ3n) is 6.24. The van der Waals surface area contributed by atoms with E-state index in [0.717, 1.165) is 60.7 Å². The van der Waals surface area contributed by atoms with Crippen LogP contribution in [0.15, 0.2) is 79.1 Å². The fourth-order valence-electron chi connectivity index (χ4n) is 4.39. The number of nitrogens with one attached hydrogen (secondary N) is 1. The zero-order chi connectivity index (χ0) is 24.4. The lowest BCUT2D eigenvalue weighted by Crippen LogP contribution is -2.29. The highest BCUT2D eigenvalue weighted by Gasteiger charge is 2.13. The van der Waals surface area contributed by atoms with E-state index < -0.39 is 0 Å². The molecule has 0 radical (unpaired) electrons. The van der Waals surface area contributed by atoms with Gasteiger partial charge in [0.2, 0.25) is 5.52 Å². The molecule has 7 heteroatoms. The van der Waals surface area contributed by atoms with Gasteiger partial charge in [-0.3, -0.25) is 0 Å². The Balaban J connectivity index is 1.34. The van der Waals surface area contributed by atoms with Crippen LogP contribution in [0.25, 0.3) is 16.3 Å². The Morgan fingerprint density at radius 3 is 2.28 bits per heavy atom. The molecular weight excluding hydrogens is 486 g/mol. The van der Waals surface area contributed by atoms with E-state index in [1.54, 1.807) is 0 Å². The summed E-state index contributed by atoms with van der Waals surface area (Å²) < 4.78 is 13.5. The second-order valence-corrected chi connectivity index (χ2v) is 11.2. The number of ether oxygens (including phenoxy) is 2. The molecule has 0 bridgehead atoms. The Labute approximate surface area is 222 Å². The highest BCUT2D eigenvalue weighted by Crippen LogP contribution is 2.30. The van der Waals surface area contributed by atoms with Crippen LogP contribution in [-0.4, -0.2) is 62.5 Å². The summed E-state index contributed by atoms with van der Waals surface area (Å²) in [6.45, 7) is 5.00. The number of fused-ring (bicyclic) bond motifs is 2. The van der Waals surface area contributed by atoms with Gasteiger partial charge in [-0.25, -0.2) is 0 Å². The summed E-state index contributed by atoms with van der Waals surface area (Å²) in [5.74, 6) is 4.21. The first-order valence-electron chi connectivity index (χ1n) is 12.6. The van der Waals surface area contributed by atoms with Crippen molar-refractivity contribution in [1.82, 2.24) is 0 Å². The van der Waals surface area contributed by atoms with Crippen LogP contribution in [-0.2, 0) is 9.47 Å². The van der Waals surface area contributed by atoms with E-state index in [1.807, 2.05) is 23.5 Å². The van der Waals surface area contributed by atoms with Crippen molar-refractivity contribution in [3.05, 3.63) is 79.1 Å². The van der Waals surface area contributed by atoms with Gasteiger partial charge in [0.15, 0.2) is 12.4 Å². The Bertz CT molecular complexity index is 1250. The topological polar surface area (TPSA) is 37.8 Å². The summed E-state index contributed by atoms with van der Waals surface area (Å²) in [7, 11) is 0. The normalized spacial score (nSPS) is 16.9. The van der Waals surface area contributed by atoms with Crippen LogP contribution in [0.1, 0.15) is 0 Å². The van der Waals surface area contributed by atoms with Gasteiger partial charge >= 0.3 is 0 Å². The highest BCUT2D eigenvalue weighted by molar-refractivity contribution is 7.99. The summed E-state index contributed by atoms with van der Waals surface area (Å²) in [6, 6.07) is 23.8. The molecule has 1 N–H and O–H groups in total. The third kappa shape index (κ3) is 6.85. The molecule has 0 amide bonds. The van der Waals surface area contributed by atoms with Crippen LogP contribution in [0.5, 0.6) is 0 Å². The molecule has 0 atom stereocenters. The molecule has 5 rings (SSSR count). The third-order valence-corrected chi connectivity index (χ3v) is 8.10.